The van der Waals surface area contributed by atoms with Crippen LogP contribution in [0, 0.1) is 0 Å². The van der Waals surface area contributed by atoms with E-state index in [1.807, 2.05) is 47.4 Å². The number of amides is 1. The zero-order valence-corrected chi connectivity index (χ0v) is 21.5. The van der Waals surface area contributed by atoms with Crippen molar-refractivity contribution in [2.75, 3.05) is 82.4 Å². The number of carbonyl (C=O) groups excluding carboxylic acids is 1. The second-order valence-corrected chi connectivity index (χ2v) is 9.35. The van der Waals surface area contributed by atoms with Gasteiger partial charge in [0.25, 0.3) is 5.91 Å². The Balaban J connectivity index is 1.17. The van der Waals surface area contributed by atoms with E-state index in [1.165, 1.54) is 0 Å². The Labute approximate surface area is 216 Å². The highest BCUT2D eigenvalue weighted by Gasteiger charge is 2.26. The summed E-state index contributed by atoms with van der Waals surface area (Å²) < 4.78 is 6.97. The smallest absolute Gasteiger partial charge is 0.272 e. The molecule has 2 saturated heterocycles. The van der Waals surface area contributed by atoms with Crippen molar-refractivity contribution >= 4 is 17.5 Å². The predicted molar refractivity (Wildman–Crippen MR) is 141 cm³/mol. The number of nitrogens with zero attached hydrogens (tertiary/aromatic N) is 8. The molecule has 1 aromatic carbocycles. The van der Waals surface area contributed by atoms with Gasteiger partial charge in [-0.25, -0.2) is 0 Å². The van der Waals surface area contributed by atoms with Gasteiger partial charge in [-0.1, -0.05) is 12.1 Å². The molecule has 0 aliphatic carbocycles. The van der Waals surface area contributed by atoms with Gasteiger partial charge < -0.3 is 24.5 Å². The molecule has 0 atom stereocenters. The van der Waals surface area contributed by atoms with Crippen LogP contribution in [-0.2, 0) is 7.05 Å². The van der Waals surface area contributed by atoms with E-state index < -0.39 is 0 Å². The van der Waals surface area contributed by atoms with Crippen LogP contribution in [0.5, 0.6) is 5.75 Å². The molecule has 0 radical (unpaired) electrons. The maximum Gasteiger partial charge on any atom is 0.272 e. The number of ether oxygens (including phenoxy) is 1. The topological polar surface area (TPSA) is 103 Å². The molecule has 11 heteroatoms. The number of hydrogen-bond donors (Lipinski definition) is 1. The zero-order valence-electron chi connectivity index (χ0n) is 21.5. The van der Waals surface area contributed by atoms with Crippen LogP contribution in [0.3, 0.4) is 0 Å². The summed E-state index contributed by atoms with van der Waals surface area (Å²) in [5, 5.41) is 22.6. The minimum absolute atomic E-state index is 0.0226. The van der Waals surface area contributed by atoms with Gasteiger partial charge >= 0.3 is 0 Å². The normalized spacial score (nSPS) is 16.8. The number of aryl methyl sites for hydroxylation is 1. The van der Waals surface area contributed by atoms with Gasteiger partial charge in [0, 0.05) is 71.5 Å². The molecule has 1 amide bonds. The Morgan fingerprint density at radius 2 is 1.57 bits per heavy atom. The van der Waals surface area contributed by atoms with Crippen LogP contribution < -0.4 is 14.5 Å². The maximum absolute atomic E-state index is 13.3. The van der Waals surface area contributed by atoms with Crippen molar-refractivity contribution in [2.24, 2.45) is 7.05 Å². The molecule has 0 unspecified atom stereocenters. The second-order valence-electron chi connectivity index (χ2n) is 9.35. The van der Waals surface area contributed by atoms with E-state index in [-0.39, 0.29) is 12.5 Å². The van der Waals surface area contributed by atoms with Crippen LogP contribution >= 0.6 is 0 Å². The molecule has 2 aliphatic rings. The first kappa shape index (κ1) is 25.0. The number of anilines is 2. The standard InChI is InChI=1S/C26H34N8O3/c1-30-23(19-22(29-30)20-4-3-5-21(18-20)37-2)26(36)34-14-12-33(13-15-34)25-7-6-24(27-28-25)32-10-8-31(9-11-32)16-17-35/h3-7,18-19,35H,8-17H2,1-2H3. The van der Waals surface area contributed by atoms with Crippen LogP contribution in [-0.4, -0.2) is 113 Å². The zero-order chi connectivity index (χ0) is 25.8. The Morgan fingerprint density at radius 1 is 0.919 bits per heavy atom. The van der Waals surface area contributed by atoms with Gasteiger partial charge in [0.1, 0.15) is 11.4 Å². The number of aliphatic hydroxyl groups is 1. The number of hydrogen-bond acceptors (Lipinski definition) is 9. The molecule has 2 aliphatic heterocycles. The summed E-state index contributed by atoms with van der Waals surface area (Å²) in [6, 6.07) is 13.6. The molecule has 11 nitrogen and oxygen atoms in total. The van der Waals surface area contributed by atoms with E-state index >= 15 is 0 Å². The first-order chi connectivity index (χ1) is 18.1. The molecular formula is C26H34N8O3. The van der Waals surface area contributed by atoms with Crippen LogP contribution in [0.4, 0.5) is 11.6 Å². The lowest BCUT2D eigenvalue weighted by atomic mass is 10.1. The molecular weight excluding hydrogens is 472 g/mol. The number of carbonyl (C=O) groups is 1. The summed E-state index contributed by atoms with van der Waals surface area (Å²) in [5.74, 6) is 2.44. The minimum atomic E-state index is -0.0226. The van der Waals surface area contributed by atoms with Crippen molar-refractivity contribution in [3.8, 4) is 17.0 Å². The van der Waals surface area contributed by atoms with Crippen LogP contribution in [0.15, 0.2) is 42.5 Å². The van der Waals surface area contributed by atoms with Gasteiger partial charge in [-0.15, -0.1) is 10.2 Å². The highest BCUT2D eigenvalue weighted by molar-refractivity contribution is 5.94. The summed E-state index contributed by atoms with van der Waals surface area (Å²) in [7, 11) is 3.44. The fourth-order valence-electron chi connectivity index (χ4n) is 4.89. The molecule has 1 N–H and O–H groups in total. The number of aromatic nitrogens is 4. The van der Waals surface area contributed by atoms with E-state index in [1.54, 1.807) is 18.8 Å². The van der Waals surface area contributed by atoms with E-state index in [4.69, 9.17) is 9.84 Å². The molecule has 2 fully saturated rings. The molecule has 0 spiro atoms. The van der Waals surface area contributed by atoms with Crippen molar-refractivity contribution < 1.29 is 14.6 Å². The molecule has 3 aromatic rings. The molecule has 0 saturated carbocycles. The quantitative estimate of drug-likeness (QED) is 0.502. The predicted octanol–water partition coefficient (Wildman–Crippen LogP) is 0.962. The number of aliphatic hydroxyl groups excluding tert-OH is 1. The third-order valence-electron chi connectivity index (χ3n) is 7.10. The third kappa shape index (κ3) is 5.52. The van der Waals surface area contributed by atoms with Crippen LogP contribution in [0.2, 0.25) is 0 Å². The summed E-state index contributed by atoms with van der Waals surface area (Å²) in [6.45, 7) is 7.10. The van der Waals surface area contributed by atoms with E-state index in [0.717, 1.165) is 61.4 Å². The fraction of sp³-hybridized carbons (Fsp3) is 0.462. The van der Waals surface area contributed by atoms with Gasteiger partial charge in [0.2, 0.25) is 0 Å². The molecule has 4 heterocycles. The van der Waals surface area contributed by atoms with E-state index in [2.05, 4.69) is 30.0 Å². The van der Waals surface area contributed by atoms with Crippen molar-refractivity contribution in [3.05, 3.63) is 48.2 Å². The van der Waals surface area contributed by atoms with E-state index in [0.29, 0.717) is 31.9 Å². The van der Waals surface area contributed by atoms with Crippen molar-refractivity contribution in [1.29, 1.82) is 0 Å². The van der Waals surface area contributed by atoms with Gasteiger partial charge in [0.15, 0.2) is 11.6 Å². The Bertz CT molecular complexity index is 1200. The number of β-amino-alcohol motifs (C(OH)–C–C–N with tert-alkyl or cyclic N) is 1. The lowest BCUT2D eigenvalue weighted by Crippen LogP contribution is -2.49. The maximum atomic E-state index is 13.3. The SMILES string of the molecule is COc1cccc(-c2cc(C(=O)N3CCN(c4ccc(N5CCN(CCO)CC5)nn4)CC3)n(C)n2)c1. The lowest BCUT2D eigenvalue weighted by Gasteiger charge is -2.36. The average molecular weight is 507 g/mol. The van der Waals surface area contributed by atoms with Gasteiger partial charge in [0.05, 0.1) is 19.4 Å². The Hall–Kier alpha value is -3.70. The average Bonchev–Trinajstić information content (AvgIpc) is 3.35. The van der Waals surface area contributed by atoms with Gasteiger partial charge in [-0.05, 0) is 30.3 Å². The number of benzene rings is 1. The minimum Gasteiger partial charge on any atom is -0.497 e. The van der Waals surface area contributed by atoms with Crippen molar-refractivity contribution in [2.45, 2.75) is 0 Å². The first-order valence-corrected chi connectivity index (χ1v) is 12.7. The molecule has 37 heavy (non-hydrogen) atoms. The summed E-state index contributed by atoms with van der Waals surface area (Å²) >= 11 is 0. The summed E-state index contributed by atoms with van der Waals surface area (Å²) in [5.41, 5.74) is 2.22. The Morgan fingerprint density at radius 3 is 2.16 bits per heavy atom. The summed E-state index contributed by atoms with van der Waals surface area (Å²) in [4.78, 5) is 21.8. The molecule has 5 rings (SSSR count). The second kappa shape index (κ2) is 11.1. The van der Waals surface area contributed by atoms with Gasteiger partial charge in [-0.2, -0.15) is 5.10 Å². The highest BCUT2D eigenvalue weighted by Crippen LogP contribution is 2.24. The molecule has 2 aromatic heterocycles. The number of rotatable bonds is 7. The van der Waals surface area contributed by atoms with E-state index in [9.17, 15) is 4.79 Å². The van der Waals surface area contributed by atoms with Crippen LogP contribution in [0.1, 0.15) is 10.5 Å². The molecule has 0 bridgehead atoms. The van der Waals surface area contributed by atoms with Crippen LogP contribution in [0.25, 0.3) is 11.3 Å². The number of piperazine rings is 2. The lowest BCUT2D eigenvalue weighted by molar-refractivity contribution is 0.0735. The Kier molecular flexibility index (Phi) is 7.52. The van der Waals surface area contributed by atoms with Gasteiger partial charge in [-0.3, -0.25) is 14.4 Å². The largest absolute Gasteiger partial charge is 0.497 e. The van der Waals surface area contributed by atoms with Crippen molar-refractivity contribution in [1.82, 2.24) is 29.8 Å². The highest BCUT2D eigenvalue weighted by atomic mass is 16.5. The fourth-order valence-corrected chi connectivity index (χ4v) is 4.89. The monoisotopic (exact) mass is 506 g/mol. The number of methoxy groups -OCH3 is 1. The summed E-state index contributed by atoms with van der Waals surface area (Å²) in [6.07, 6.45) is 0. The van der Waals surface area contributed by atoms with Crippen molar-refractivity contribution in [3.63, 3.8) is 0 Å². The first-order valence-electron chi connectivity index (χ1n) is 12.7. The molecule has 196 valence electrons. The third-order valence-corrected chi connectivity index (χ3v) is 7.10.